The maximum Gasteiger partial charge on any atom is 0.119 e. The Kier molecular flexibility index (Phi) is 3.48. The van der Waals surface area contributed by atoms with Gasteiger partial charge in [-0.15, -0.1) is 6.58 Å². The summed E-state index contributed by atoms with van der Waals surface area (Å²) in [7, 11) is 1.70. The Balaban J connectivity index is 2.40. The molecule has 1 unspecified atom stereocenters. The summed E-state index contributed by atoms with van der Waals surface area (Å²) in [5.74, 6) is 1.43. The third kappa shape index (κ3) is 2.50. The third-order valence-corrected chi connectivity index (χ3v) is 3.16. The van der Waals surface area contributed by atoms with Gasteiger partial charge in [0.15, 0.2) is 0 Å². The van der Waals surface area contributed by atoms with Crippen LogP contribution in [0.5, 0.6) is 5.75 Å². The van der Waals surface area contributed by atoms with E-state index >= 15 is 0 Å². The highest BCUT2D eigenvalue weighted by molar-refractivity contribution is 5.84. The molecule has 0 radical (unpaired) electrons. The molecule has 0 heterocycles. The molecule has 2 aromatic carbocycles. The summed E-state index contributed by atoms with van der Waals surface area (Å²) in [4.78, 5) is 0. The van der Waals surface area contributed by atoms with Crippen molar-refractivity contribution in [2.24, 2.45) is 0 Å². The lowest BCUT2D eigenvalue weighted by molar-refractivity contribution is 0.415. The van der Waals surface area contributed by atoms with Crippen molar-refractivity contribution in [3.05, 3.63) is 54.6 Å². The van der Waals surface area contributed by atoms with E-state index < -0.39 is 0 Å². The van der Waals surface area contributed by atoms with Crippen molar-refractivity contribution < 1.29 is 4.74 Å². The molecule has 2 rings (SSSR count). The minimum Gasteiger partial charge on any atom is -0.497 e. The monoisotopic (exact) mass is 226 g/mol. The van der Waals surface area contributed by atoms with E-state index in [4.69, 9.17) is 4.74 Å². The van der Waals surface area contributed by atoms with Crippen LogP contribution in [0.1, 0.15) is 24.8 Å². The highest BCUT2D eigenvalue weighted by Gasteiger charge is 2.04. The van der Waals surface area contributed by atoms with Gasteiger partial charge in [0.25, 0.3) is 0 Å². The van der Waals surface area contributed by atoms with Crippen molar-refractivity contribution in [1.82, 2.24) is 0 Å². The van der Waals surface area contributed by atoms with Crippen LogP contribution in [0.25, 0.3) is 10.8 Å². The highest BCUT2D eigenvalue weighted by Crippen LogP contribution is 2.26. The van der Waals surface area contributed by atoms with Gasteiger partial charge in [-0.3, -0.25) is 0 Å². The minimum atomic E-state index is 0.527. The first-order valence-electron chi connectivity index (χ1n) is 5.93. The Morgan fingerprint density at radius 3 is 2.59 bits per heavy atom. The smallest absolute Gasteiger partial charge is 0.119 e. The van der Waals surface area contributed by atoms with Crippen LogP contribution in [0.3, 0.4) is 0 Å². The molecule has 0 bridgehead atoms. The normalized spacial score (nSPS) is 12.4. The summed E-state index contributed by atoms with van der Waals surface area (Å²) in [6, 6.07) is 12.8. The van der Waals surface area contributed by atoms with Crippen LogP contribution in [0.15, 0.2) is 49.1 Å². The zero-order chi connectivity index (χ0) is 12.3. The molecule has 0 saturated carbocycles. The van der Waals surface area contributed by atoms with Gasteiger partial charge in [-0.2, -0.15) is 0 Å². The molecule has 17 heavy (non-hydrogen) atoms. The van der Waals surface area contributed by atoms with Crippen LogP contribution in [-0.2, 0) is 0 Å². The third-order valence-electron chi connectivity index (χ3n) is 3.16. The Bertz CT molecular complexity index is 528. The van der Waals surface area contributed by atoms with Crippen LogP contribution >= 0.6 is 0 Å². The van der Waals surface area contributed by atoms with Gasteiger partial charge in [0.2, 0.25) is 0 Å². The van der Waals surface area contributed by atoms with Crippen molar-refractivity contribution in [2.75, 3.05) is 7.11 Å². The van der Waals surface area contributed by atoms with Crippen molar-refractivity contribution in [3.63, 3.8) is 0 Å². The van der Waals surface area contributed by atoms with E-state index in [0.29, 0.717) is 5.92 Å². The zero-order valence-electron chi connectivity index (χ0n) is 10.4. The average Bonchev–Trinajstić information content (AvgIpc) is 2.37. The van der Waals surface area contributed by atoms with Gasteiger partial charge in [-0.25, -0.2) is 0 Å². The molecule has 1 nitrogen and oxygen atoms in total. The number of benzene rings is 2. The molecule has 0 aliphatic carbocycles. The molecule has 0 amide bonds. The minimum absolute atomic E-state index is 0.527. The SMILES string of the molecule is C=CCC(C)c1ccc2cc(OC)ccc2c1. The van der Waals surface area contributed by atoms with Crippen LogP contribution in [0.2, 0.25) is 0 Å². The van der Waals surface area contributed by atoms with E-state index in [-0.39, 0.29) is 0 Å². The lowest BCUT2D eigenvalue weighted by Gasteiger charge is -2.10. The quantitative estimate of drug-likeness (QED) is 0.696. The Morgan fingerprint density at radius 1 is 1.18 bits per heavy atom. The average molecular weight is 226 g/mol. The van der Waals surface area contributed by atoms with Gasteiger partial charge in [-0.1, -0.05) is 37.3 Å². The first-order valence-corrected chi connectivity index (χ1v) is 5.93. The van der Waals surface area contributed by atoms with Crippen molar-refractivity contribution >= 4 is 10.8 Å². The summed E-state index contributed by atoms with van der Waals surface area (Å²) < 4.78 is 5.23. The van der Waals surface area contributed by atoms with Crippen molar-refractivity contribution in [2.45, 2.75) is 19.3 Å². The van der Waals surface area contributed by atoms with E-state index in [2.05, 4.69) is 43.8 Å². The second kappa shape index (κ2) is 5.05. The number of ether oxygens (including phenoxy) is 1. The summed E-state index contributed by atoms with van der Waals surface area (Å²) >= 11 is 0. The lowest BCUT2D eigenvalue weighted by atomic mass is 9.95. The molecule has 0 saturated heterocycles. The second-order valence-electron chi connectivity index (χ2n) is 4.40. The molecule has 0 aliphatic heterocycles. The highest BCUT2D eigenvalue weighted by atomic mass is 16.5. The molecule has 2 aromatic rings. The predicted octanol–water partition coefficient (Wildman–Crippen LogP) is 4.53. The molecule has 0 spiro atoms. The molecular weight excluding hydrogens is 208 g/mol. The Morgan fingerprint density at radius 2 is 1.88 bits per heavy atom. The van der Waals surface area contributed by atoms with Gasteiger partial charge >= 0.3 is 0 Å². The second-order valence-corrected chi connectivity index (χ2v) is 4.40. The van der Waals surface area contributed by atoms with Gasteiger partial charge in [0.05, 0.1) is 7.11 Å². The van der Waals surface area contributed by atoms with E-state index in [1.54, 1.807) is 7.11 Å². The van der Waals surface area contributed by atoms with Gasteiger partial charge in [0, 0.05) is 0 Å². The van der Waals surface area contributed by atoms with Crippen LogP contribution < -0.4 is 4.74 Å². The zero-order valence-corrected chi connectivity index (χ0v) is 10.4. The number of methoxy groups -OCH3 is 1. The van der Waals surface area contributed by atoms with Crippen molar-refractivity contribution in [3.8, 4) is 5.75 Å². The van der Waals surface area contributed by atoms with Crippen molar-refractivity contribution in [1.29, 1.82) is 0 Å². The van der Waals surface area contributed by atoms with E-state index in [1.807, 2.05) is 12.1 Å². The fourth-order valence-electron chi connectivity index (χ4n) is 2.06. The molecule has 0 aliphatic rings. The Labute approximate surface area is 103 Å². The maximum atomic E-state index is 5.23. The molecule has 1 heteroatoms. The van der Waals surface area contributed by atoms with Gasteiger partial charge in [0.1, 0.15) is 5.75 Å². The summed E-state index contributed by atoms with van der Waals surface area (Å²) in [5, 5.41) is 2.48. The molecular formula is C16H18O. The van der Waals surface area contributed by atoms with Crippen LogP contribution in [0, 0.1) is 0 Å². The van der Waals surface area contributed by atoms with E-state index in [1.165, 1.54) is 16.3 Å². The maximum absolute atomic E-state index is 5.23. The molecule has 1 atom stereocenters. The number of fused-ring (bicyclic) bond motifs is 1. The van der Waals surface area contributed by atoms with E-state index in [0.717, 1.165) is 12.2 Å². The molecule has 88 valence electrons. The number of hydrogen-bond acceptors (Lipinski definition) is 1. The van der Waals surface area contributed by atoms with E-state index in [9.17, 15) is 0 Å². The van der Waals surface area contributed by atoms with Gasteiger partial charge < -0.3 is 4.74 Å². The summed E-state index contributed by atoms with van der Waals surface area (Å²) in [5.41, 5.74) is 1.36. The molecule has 0 aromatic heterocycles. The molecule has 0 fully saturated rings. The number of allylic oxidation sites excluding steroid dienone is 1. The molecule has 0 N–H and O–H groups in total. The summed E-state index contributed by atoms with van der Waals surface area (Å²) in [6.45, 7) is 6.02. The number of rotatable bonds is 4. The fourth-order valence-corrected chi connectivity index (χ4v) is 2.06. The first-order chi connectivity index (χ1) is 8.24. The number of hydrogen-bond donors (Lipinski definition) is 0. The standard InChI is InChI=1S/C16H18O/c1-4-5-12(2)13-6-7-15-11-16(17-3)9-8-14(15)10-13/h4,6-12H,1,5H2,2-3H3. The first kappa shape index (κ1) is 11.7. The summed E-state index contributed by atoms with van der Waals surface area (Å²) in [6.07, 6.45) is 2.99. The Hall–Kier alpha value is -1.76. The largest absolute Gasteiger partial charge is 0.497 e. The van der Waals surface area contributed by atoms with Crippen LogP contribution in [0.4, 0.5) is 0 Å². The van der Waals surface area contributed by atoms with Crippen LogP contribution in [-0.4, -0.2) is 7.11 Å². The topological polar surface area (TPSA) is 9.23 Å². The fraction of sp³-hybridized carbons (Fsp3) is 0.250. The van der Waals surface area contributed by atoms with Gasteiger partial charge in [-0.05, 0) is 40.8 Å². The lowest BCUT2D eigenvalue weighted by Crippen LogP contribution is -1.91. The predicted molar refractivity (Wildman–Crippen MR) is 73.7 cm³/mol.